The van der Waals surface area contributed by atoms with Crippen molar-refractivity contribution in [3.63, 3.8) is 0 Å². The zero-order valence-electron chi connectivity index (χ0n) is 18.9. The minimum Gasteiger partial charge on any atom is -0.341 e. The molecule has 1 aliphatic rings. The summed E-state index contributed by atoms with van der Waals surface area (Å²) in [6.07, 6.45) is 3.44. The van der Waals surface area contributed by atoms with Crippen molar-refractivity contribution >= 4 is 35.0 Å². The van der Waals surface area contributed by atoms with E-state index in [9.17, 15) is 9.59 Å². The van der Waals surface area contributed by atoms with Crippen LogP contribution in [-0.4, -0.2) is 39.7 Å². The molecule has 8 heteroatoms. The molecule has 8 nitrogen and oxygen atoms in total. The summed E-state index contributed by atoms with van der Waals surface area (Å²) in [5.41, 5.74) is 2.09. The number of amides is 1. The second-order valence-electron chi connectivity index (χ2n) is 8.21. The average molecular weight is 445 g/mol. The predicted octanol–water partition coefficient (Wildman–Crippen LogP) is 4.09. The summed E-state index contributed by atoms with van der Waals surface area (Å²) in [7, 11) is 0. The molecule has 0 atom stereocenters. The van der Waals surface area contributed by atoms with Gasteiger partial charge in [0.1, 0.15) is 12.1 Å². The molecule has 2 aromatic carbocycles. The van der Waals surface area contributed by atoms with Crippen LogP contribution >= 0.6 is 0 Å². The fourth-order valence-corrected chi connectivity index (χ4v) is 4.42. The van der Waals surface area contributed by atoms with Gasteiger partial charge in [0.2, 0.25) is 17.8 Å². The first kappa shape index (κ1) is 22.4. The molecule has 0 aliphatic carbocycles. The molecule has 2 heterocycles. The maximum Gasteiger partial charge on any atom is 0.231 e. The molecule has 0 spiro atoms. The van der Waals surface area contributed by atoms with Crippen molar-refractivity contribution in [1.82, 2.24) is 15.0 Å². The van der Waals surface area contributed by atoms with Gasteiger partial charge < -0.3 is 15.5 Å². The zero-order valence-corrected chi connectivity index (χ0v) is 18.9. The highest BCUT2D eigenvalue weighted by Gasteiger charge is 2.41. The van der Waals surface area contributed by atoms with Gasteiger partial charge in [0.05, 0.1) is 5.41 Å². The fourth-order valence-electron chi connectivity index (χ4n) is 4.42. The lowest BCUT2D eigenvalue weighted by molar-refractivity contribution is -0.125. The van der Waals surface area contributed by atoms with E-state index in [2.05, 4.69) is 42.6 Å². The molecular weight excluding hydrogens is 416 g/mol. The monoisotopic (exact) mass is 444 g/mol. The van der Waals surface area contributed by atoms with Gasteiger partial charge in [-0.15, -0.1) is 0 Å². The highest BCUT2D eigenvalue weighted by Crippen LogP contribution is 2.38. The molecule has 1 fully saturated rings. The Morgan fingerprint density at radius 3 is 2.42 bits per heavy atom. The third-order valence-corrected chi connectivity index (χ3v) is 6.08. The molecule has 1 aromatic heterocycles. The number of anilines is 4. The van der Waals surface area contributed by atoms with E-state index < -0.39 is 5.41 Å². The fraction of sp³-hybridized carbons (Fsp3) is 0.320. The first-order chi connectivity index (χ1) is 16.0. The van der Waals surface area contributed by atoms with Crippen LogP contribution < -0.4 is 15.5 Å². The summed E-state index contributed by atoms with van der Waals surface area (Å²) in [6.45, 7) is 4.77. The van der Waals surface area contributed by atoms with Crippen molar-refractivity contribution in [2.45, 2.75) is 38.5 Å². The normalized spacial score (nSPS) is 15.0. The number of carbonyl (C=O) groups excluding carboxylic acids is 2. The van der Waals surface area contributed by atoms with Crippen LogP contribution in [0.2, 0.25) is 0 Å². The first-order valence-electron chi connectivity index (χ1n) is 11.2. The van der Waals surface area contributed by atoms with Crippen molar-refractivity contribution in [2.75, 3.05) is 28.6 Å². The SMILES string of the molecule is CCC(=O)C1(c2ccccc2)CCN(c2ncnc(Nc3cccc(NC(C)=O)c3)n2)CC1. The van der Waals surface area contributed by atoms with E-state index in [1.807, 2.05) is 49.4 Å². The third-order valence-electron chi connectivity index (χ3n) is 6.08. The number of hydrogen-bond donors (Lipinski definition) is 2. The number of hydrogen-bond acceptors (Lipinski definition) is 7. The molecule has 0 bridgehead atoms. The Morgan fingerprint density at radius 2 is 1.73 bits per heavy atom. The van der Waals surface area contributed by atoms with Gasteiger partial charge in [0.25, 0.3) is 0 Å². The Balaban J connectivity index is 1.49. The summed E-state index contributed by atoms with van der Waals surface area (Å²) in [6, 6.07) is 17.4. The van der Waals surface area contributed by atoms with E-state index in [-0.39, 0.29) is 11.7 Å². The van der Waals surface area contributed by atoms with E-state index in [1.165, 1.54) is 13.3 Å². The number of nitrogens with one attached hydrogen (secondary N) is 2. The molecule has 170 valence electrons. The van der Waals surface area contributed by atoms with Crippen LogP contribution in [0.15, 0.2) is 60.9 Å². The number of nitrogens with zero attached hydrogens (tertiary/aromatic N) is 4. The van der Waals surface area contributed by atoms with Crippen LogP contribution in [0, 0.1) is 0 Å². The van der Waals surface area contributed by atoms with E-state index in [0.29, 0.717) is 37.1 Å². The number of Topliss-reactive ketones (excluding diaryl/α,β-unsaturated/α-hetero) is 1. The summed E-state index contributed by atoms with van der Waals surface area (Å²) >= 11 is 0. The third kappa shape index (κ3) is 5.00. The van der Waals surface area contributed by atoms with Crippen molar-refractivity contribution in [3.05, 3.63) is 66.5 Å². The van der Waals surface area contributed by atoms with Gasteiger partial charge in [-0.05, 0) is 36.6 Å². The van der Waals surface area contributed by atoms with Crippen molar-refractivity contribution < 1.29 is 9.59 Å². The predicted molar refractivity (Wildman–Crippen MR) is 129 cm³/mol. The average Bonchev–Trinajstić information content (AvgIpc) is 2.84. The van der Waals surface area contributed by atoms with E-state index in [0.717, 1.165) is 24.1 Å². The highest BCUT2D eigenvalue weighted by molar-refractivity contribution is 5.90. The van der Waals surface area contributed by atoms with Gasteiger partial charge in [-0.3, -0.25) is 9.59 Å². The first-order valence-corrected chi connectivity index (χ1v) is 11.2. The van der Waals surface area contributed by atoms with Gasteiger partial charge in [-0.25, -0.2) is 9.97 Å². The molecule has 1 saturated heterocycles. The van der Waals surface area contributed by atoms with E-state index >= 15 is 0 Å². The zero-order chi connectivity index (χ0) is 23.3. The van der Waals surface area contributed by atoms with Crippen molar-refractivity contribution in [3.8, 4) is 0 Å². The highest BCUT2D eigenvalue weighted by atomic mass is 16.1. The Labute approximate surface area is 193 Å². The molecule has 0 radical (unpaired) electrons. The van der Waals surface area contributed by atoms with Gasteiger partial charge in [-0.1, -0.05) is 43.3 Å². The largest absolute Gasteiger partial charge is 0.341 e. The topological polar surface area (TPSA) is 100 Å². The standard InChI is InChI=1S/C25H28N6O2/c1-3-22(33)25(19-8-5-4-6-9-19)12-14-31(15-13-25)24-27-17-26-23(30-24)29-21-11-7-10-20(16-21)28-18(2)32/h4-11,16-17H,3,12-15H2,1-2H3,(H,28,32)(H,26,27,29,30). The lowest BCUT2D eigenvalue weighted by atomic mass is 9.69. The number of aromatic nitrogens is 3. The lowest BCUT2D eigenvalue weighted by Crippen LogP contribution is -2.47. The minimum atomic E-state index is -0.454. The maximum absolute atomic E-state index is 13.0. The van der Waals surface area contributed by atoms with Gasteiger partial charge >= 0.3 is 0 Å². The summed E-state index contributed by atoms with van der Waals surface area (Å²) in [5.74, 6) is 1.15. The van der Waals surface area contributed by atoms with Crippen LogP contribution in [0.1, 0.15) is 38.7 Å². The van der Waals surface area contributed by atoms with E-state index in [4.69, 9.17) is 0 Å². The van der Waals surface area contributed by atoms with Crippen LogP contribution in [0.4, 0.5) is 23.3 Å². The van der Waals surface area contributed by atoms with Crippen LogP contribution in [0.3, 0.4) is 0 Å². The number of ketones is 1. The quantitative estimate of drug-likeness (QED) is 0.566. The second kappa shape index (κ2) is 9.77. The van der Waals surface area contributed by atoms with Crippen molar-refractivity contribution in [2.24, 2.45) is 0 Å². The number of rotatable bonds is 7. The molecule has 1 aliphatic heterocycles. The Bertz CT molecular complexity index is 1130. The second-order valence-corrected chi connectivity index (χ2v) is 8.21. The number of carbonyl (C=O) groups is 2. The molecule has 3 aromatic rings. The molecule has 4 rings (SSSR count). The molecule has 0 saturated carbocycles. The van der Waals surface area contributed by atoms with Gasteiger partial charge in [-0.2, -0.15) is 4.98 Å². The van der Waals surface area contributed by atoms with Crippen LogP contribution in [-0.2, 0) is 15.0 Å². The van der Waals surface area contributed by atoms with Gasteiger partial charge in [0, 0.05) is 37.8 Å². The molecule has 1 amide bonds. The minimum absolute atomic E-state index is 0.132. The van der Waals surface area contributed by atoms with Gasteiger partial charge in [0.15, 0.2) is 0 Å². The maximum atomic E-state index is 13.0. The molecule has 2 N–H and O–H groups in total. The Kier molecular flexibility index (Phi) is 6.63. The summed E-state index contributed by atoms with van der Waals surface area (Å²) in [4.78, 5) is 39.6. The summed E-state index contributed by atoms with van der Waals surface area (Å²) < 4.78 is 0. The number of piperidine rings is 1. The van der Waals surface area contributed by atoms with Crippen molar-refractivity contribution in [1.29, 1.82) is 0 Å². The van der Waals surface area contributed by atoms with E-state index in [1.54, 1.807) is 0 Å². The molecule has 33 heavy (non-hydrogen) atoms. The molecule has 0 unspecified atom stereocenters. The molecular formula is C25H28N6O2. The lowest BCUT2D eigenvalue weighted by Gasteiger charge is -2.41. The Hall–Kier alpha value is -3.81. The van der Waals surface area contributed by atoms with Crippen LogP contribution in [0.25, 0.3) is 0 Å². The summed E-state index contributed by atoms with van der Waals surface area (Å²) in [5, 5.41) is 5.93. The van der Waals surface area contributed by atoms with Crippen LogP contribution in [0.5, 0.6) is 0 Å². The Morgan fingerprint density at radius 1 is 1.00 bits per heavy atom. The smallest absolute Gasteiger partial charge is 0.231 e. The number of benzene rings is 2.